The Morgan fingerprint density at radius 2 is 2.25 bits per heavy atom. The summed E-state index contributed by atoms with van der Waals surface area (Å²) < 4.78 is 1.96. The molecule has 3 heteroatoms. The molecule has 0 spiro atoms. The fourth-order valence-electron chi connectivity index (χ4n) is 1.77. The van der Waals surface area contributed by atoms with E-state index in [1.165, 1.54) is 5.56 Å². The summed E-state index contributed by atoms with van der Waals surface area (Å²) in [5.41, 5.74) is 9.16. The monoisotopic (exact) mass is 215 g/mol. The van der Waals surface area contributed by atoms with Crippen LogP contribution in [-0.4, -0.2) is 9.78 Å². The molecule has 0 aliphatic carbocycles. The normalized spacial score (nSPS) is 10.6. The number of anilines is 1. The van der Waals surface area contributed by atoms with Crippen molar-refractivity contribution in [3.05, 3.63) is 47.8 Å². The highest BCUT2D eigenvalue weighted by molar-refractivity contribution is 5.47. The van der Waals surface area contributed by atoms with Gasteiger partial charge in [0.2, 0.25) is 0 Å². The smallest absolute Gasteiger partial charge is 0.0489 e. The van der Waals surface area contributed by atoms with Crippen molar-refractivity contribution < 1.29 is 0 Å². The Morgan fingerprint density at radius 1 is 1.38 bits per heavy atom. The number of nitrogens with two attached hydrogens (primary N) is 1. The summed E-state index contributed by atoms with van der Waals surface area (Å²) in [6, 6.07) is 8.20. The summed E-state index contributed by atoms with van der Waals surface area (Å²) in [7, 11) is 0. The average molecular weight is 215 g/mol. The van der Waals surface area contributed by atoms with Gasteiger partial charge in [-0.2, -0.15) is 5.10 Å². The molecule has 3 nitrogen and oxygen atoms in total. The van der Waals surface area contributed by atoms with Crippen molar-refractivity contribution in [1.29, 1.82) is 0 Å². The lowest BCUT2D eigenvalue weighted by atomic mass is 10.1. The maximum Gasteiger partial charge on any atom is 0.0489 e. The molecular weight excluding hydrogens is 198 g/mol. The lowest BCUT2D eigenvalue weighted by molar-refractivity contribution is 0.579. The zero-order valence-corrected chi connectivity index (χ0v) is 9.56. The van der Waals surface area contributed by atoms with E-state index in [4.69, 9.17) is 5.73 Å². The molecule has 1 heterocycles. The first-order chi connectivity index (χ1) is 7.75. The SMILES string of the molecule is Cc1cc(CCCn2cccn2)ccc1N. The number of hydrogen-bond acceptors (Lipinski definition) is 2. The van der Waals surface area contributed by atoms with Gasteiger partial charge >= 0.3 is 0 Å². The van der Waals surface area contributed by atoms with Gasteiger partial charge in [-0.05, 0) is 43.0 Å². The number of aryl methyl sites for hydroxylation is 3. The summed E-state index contributed by atoms with van der Waals surface area (Å²) >= 11 is 0. The van der Waals surface area contributed by atoms with Crippen LogP contribution in [0.2, 0.25) is 0 Å². The molecule has 0 aliphatic heterocycles. The Kier molecular flexibility index (Phi) is 3.25. The number of nitrogens with zero attached hydrogens (tertiary/aromatic N) is 2. The van der Waals surface area contributed by atoms with Crippen LogP contribution in [0.1, 0.15) is 17.5 Å². The van der Waals surface area contributed by atoms with Crippen molar-refractivity contribution in [2.24, 2.45) is 0 Å². The van der Waals surface area contributed by atoms with E-state index >= 15 is 0 Å². The Bertz CT molecular complexity index is 446. The number of benzene rings is 1. The van der Waals surface area contributed by atoms with Crippen molar-refractivity contribution >= 4 is 5.69 Å². The van der Waals surface area contributed by atoms with E-state index in [1.807, 2.05) is 36.1 Å². The number of hydrogen-bond donors (Lipinski definition) is 1. The largest absolute Gasteiger partial charge is 0.399 e. The van der Waals surface area contributed by atoms with E-state index in [2.05, 4.69) is 17.2 Å². The molecule has 0 amide bonds. The van der Waals surface area contributed by atoms with Gasteiger partial charge in [0.15, 0.2) is 0 Å². The molecule has 84 valence electrons. The fourth-order valence-corrected chi connectivity index (χ4v) is 1.77. The van der Waals surface area contributed by atoms with E-state index in [0.29, 0.717) is 0 Å². The molecule has 0 saturated heterocycles. The molecule has 0 aliphatic rings. The first kappa shape index (κ1) is 10.7. The Labute approximate surface area is 95.9 Å². The summed E-state index contributed by atoms with van der Waals surface area (Å²) in [5.74, 6) is 0. The third-order valence-corrected chi connectivity index (χ3v) is 2.75. The first-order valence-electron chi connectivity index (χ1n) is 5.58. The third-order valence-electron chi connectivity index (χ3n) is 2.75. The average Bonchev–Trinajstić information content (AvgIpc) is 2.76. The Morgan fingerprint density at radius 3 is 2.94 bits per heavy atom. The molecule has 1 aromatic heterocycles. The van der Waals surface area contributed by atoms with E-state index in [-0.39, 0.29) is 0 Å². The predicted molar refractivity (Wildman–Crippen MR) is 66.1 cm³/mol. The van der Waals surface area contributed by atoms with Gasteiger partial charge < -0.3 is 5.73 Å². The molecule has 2 aromatic rings. The molecule has 0 atom stereocenters. The lowest BCUT2D eigenvalue weighted by Crippen LogP contribution is -2.00. The summed E-state index contributed by atoms with van der Waals surface area (Å²) in [4.78, 5) is 0. The van der Waals surface area contributed by atoms with Crippen LogP contribution in [0.3, 0.4) is 0 Å². The van der Waals surface area contributed by atoms with Crippen LogP contribution >= 0.6 is 0 Å². The van der Waals surface area contributed by atoms with Crippen molar-refractivity contribution in [2.45, 2.75) is 26.3 Å². The van der Waals surface area contributed by atoms with E-state index in [1.54, 1.807) is 0 Å². The van der Waals surface area contributed by atoms with E-state index < -0.39 is 0 Å². The predicted octanol–water partition coefficient (Wildman–Crippen LogP) is 2.41. The highest BCUT2D eigenvalue weighted by atomic mass is 15.3. The van der Waals surface area contributed by atoms with Crippen LogP contribution in [0, 0.1) is 6.92 Å². The first-order valence-corrected chi connectivity index (χ1v) is 5.58. The molecule has 0 saturated carbocycles. The van der Waals surface area contributed by atoms with Crippen molar-refractivity contribution in [1.82, 2.24) is 9.78 Å². The molecule has 2 rings (SSSR count). The molecule has 1 aromatic carbocycles. The molecule has 0 bridgehead atoms. The minimum absolute atomic E-state index is 0.871. The Balaban J connectivity index is 1.87. The van der Waals surface area contributed by atoms with Gasteiger partial charge in [-0.3, -0.25) is 4.68 Å². The summed E-state index contributed by atoms with van der Waals surface area (Å²) in [6.45, 7) is 3.02. The summed E-state index contributed by atoms with van der Waals surface area (Å²) in [6.07, 6.45) is 5.98. The van der Waals surface area contributed by atoms with Gasteiger partial charge in [-0.1, -0.05) is 12.1 Å². The lowest BCUT2D eigenvalue weighted by Gasteiger charge is -2.05. The summed E-state index contributed by atoms with van der Waals surface area (Å²) in [5, 5.41) is 4.18. The standard InChI is InChI=1S/C13H17N3/c1-11-10-12(5-6-13(11)14)4-2-8-16-9-3-7-15-16/h3,5-7,9-10H,2,4,8,14H2,1H3. The van der Waals surface area contributed by atoms with Gasteiger partial charge in [0.1, 0.15) is 0 Å². The van der Waals surface area contributed by atoms with Crippen molar-refractivity contribution in [3.63, 3.8) is 0 Å². The topological polar surface area (TPSA) is 43.8 Å². The minimum Gasteiger partial charge on any atom is -0.399 e. The molecule has 2 N–H and O–H groups in total. The second-order valence-corrected chi connectivity index (χ2v) is 4.06. The van der Waals surface area contributed by atoms with E-state index in [9.17, 15) is 0 Å². The van der Waals surface area contributed by atoms with Crippen LogP contribution in [0.4, 0.5) is 5.69 Å². The molecule has 0 fully saturated rings. The van der Waals surface area contributed by atoms with Gasteiger partial charge in [-0.15, -0.1) is 0 Å². The Hall–Kier alpha value is -1.77. The zero-order valence-electron chi connectivity index (χ0n) is 9.56. The molecule has 16 heavy (non-hydrogen) atoms. The second kappa shape index (κ2) is 4.84. The van der Waals surface area contributed by atoms with Gasteiger partial charge in [0.05, 0.1) is 0 Å². The zero-order chi connectivity index (χ0) is 11.4. The number of nitrogen functional groups attached to an aromatic ring is 1. The van der Waals surface area contributed by atoms with Crippen LogP contribution < -0.4 is 5.73 Å². The molecular formula is C13H17N3. The van der Waals surface area contributed by atoms with Gasteiger partial charge in [0.25, 0.3) is 0 Å². The minimum atomic E-state index is 0.871. The maximum atomic E-state index is 5.78. The van der Waals surface area contributed by atoms with Gasteiger partial charge in [-0.25, -0.2) is 0 Å². The van der Waals surface area contributed by atoms with Crippen molar-refractivity contribution in [2.75, 3.05) is 5.73 Å². The highest BCUT2D eigenvalue weighted by Gasteiger charge is 1.97. The van der Waals surface area contributed by atoms with E-state index in [0.717, 1.165) is 30.6 Å². The third kappa shape index (κ3) is 2.63. The number of rotatable bonds is 4. The quantitative estimate of drug-likeness (QED) is 0.796. The number of aromatic nitrogens is 2. The van der Waals surface area contributed by atoms with Crippen LogP contribution in [0.5, 0.6) is 0 Å². The maximum absolute atomic E-state index is 5.78. The molecule has 0 radical (unpaired) electrons. The second-order valence-electron chi connectivity index (χ2n) is 4.06. The van der Waals surface area contributed by atoms with Crippen LogP contribution in [0.25, 0.3) is 0 Å². The van der Waals surface area contributed by atoms with Crippen molar-refractivity contribution in [3.8, 4) is 0 Å². The van der Waals surface area contributed by atoms with Gasteiger partial charge in [0, 0.05) is 24.6 Å². The highest BCUT2D eigenvalue weighted by Crippen LogP contribution is 2.14. The fraction of sp³-hybridized carbons (Fsp3) is 0.308. The molecule has 0 unspecified atom stereocenters. The van der Waals surface area contributed by atoms with Crippen LogP contribution in [-0.2, 0) is 13.0 Å². The van der Waals surface area contributed by atoms with Crippen LogP contribution in [0.15, 0.2) is 36.7 Å².